The predicted octanol–water partition coefficient (Wildman–Crippen LogP) is 1.23. The van der Waals surface area contributed by atoms with Crippen molar-refractivity contribution in [1.29, 1.82) is 0 Å². The number of halogens is 1. The number of hydrogen-bond acceptors (Lipinski definition) is 3. The topological polar surface area (TPSA) is 38.5 Å². The number of methoxy groups -OCH3 is 1. The molecule has 1 rings (SSSR count). The molecule has 90 valence electrons. The van der Waals surface area contributed by atoms with Crippen molar-refractivity contribution in [3.63, 3.8) is 0 Å². The minimum atomic E-state index is -0.207. The van der Waals surface area contributed by atoms with Gasteiger partial charge >= 0.3 is 0 Å². The molecule has 0 heterocycles. The highest BCUT2D eigenvalue weighted by Gasteiger charge is 2.12. The molecule has 1 aromatic carbocycles. The highest BCUT2D eigenvalue weighted by molar-refractivity contribution is 5.16. The summed E-state index contributed by atoms with van der Waals surface area (Å²) in [6.45, 7) is 1.78. The summed E-state index contributed by atoms with van der Waals surface area (Å²) in [6, 6.07) is 6.76. The Kier molecular flexibility index (Phi) is 5.38. The van der Waals surface area contributed by atoms with Crippen molar-refractivity contribution in [1.82, 2.24) is 4.90 Å². The molecular formula is C12H19FN2O. The first-order valence-corrected chi connectivity index (χ1v) is 5.31. The lowest BCUT2D eigenvalue weighted by molar-refractivity contribution is 0.106. The molecule has 0 spiro atoms. The van der Waals surface area contributed by atoms with E-state index in [4.69, 9.17) is 10.5 Å². The molecule has 1 atom stereocenters. The Morgan fingerprint density at radius 3 is 2.81 bits per heavy atom. The summed E-state index contributed by atoms with van der Waals surface area (Å²) in [4.78, 5) is 2.07. The van der Waals surface area contributed by atoms with E-state index in [1.165, 1.54) is 12.1 Å². The molecule has 0 aliphatic carbocycles. The average molecular weight is 226 g/mol. The first kappa shape index (κ1) is 13.1. The van der Waals surface area contributed by atoms with Gasteiger partial charge in [-0.15, -0.1) is 0 Å². The number of likely N-dealkylation sites (N-methyl/N-ethyl adjacent to an activating group) is 1. The molecule has 0 aromatic heterocycles. The first-order valence-electron chi connectivity index (χ1n) is 5.31. The molecule has 1 unspecified atom stereocenters. The van der Waals surface area contributed by atoms with Crippen molar-refractivity contribution in [3.05, 3.63) is 35.6 Å². The van der Waals surface area contributed by atoms with Crippen LogP contribution in [0.25, 0.3) is 0 Å². The summed E-state index contributed by atoms with van der Waals surface area (Å²) in [5.41, 5.74) is 6.59. The van der Waals surface area contributed by atoms with Gasteiger partial charge in [0.1, 0.15) is 5.82 Å². The zero-order chi connectivity index (χ0) is 12.0. The van der Waals surface area contributed by atoms with E-state index < -0.39 is 0 Å². The van der Waals surface area contributed by atoms with Gasteiger partial charge < -0.3 is 10.5 Å². The van der Waals surface area contributed by atoms with Crippen molar-refractivity contribution < 1.29 is 9.13 Å². The van der Waals surface area contributed by atoms with E-state index in [1.54, 1.807) is 13.2 Å². The standard InChI is InChI=1S/C12H19FN2O/c1-15(12(7-14)9-16-2)8-10-4-3-5-11(13)6-10/h3-6,12H,7-9,14H2,1-2H3. The number of ether oxygens (including phenoxy) is 1. The second-order valence-corrected chi connectivity index (χ2v) is 3.89. The zero-order valence-electron chi connectivity index (χ0n) is 9.82. The van der Waals surface area contributed by atoms with Crippen LogP contribution in [0.5, 0.6) is 0 Å². The molecule has 0 bridgehead atoms. The normalized spacial score (nSPS) is 13.1. The lowest BCUT2D eigenvalue weighted by atomic mass is 10.2. The summed E-state index contributed by atoms with van der Waals surface area (Å²) in [5.74, 6) is -0.207. The van der Waals surface area contributed by atoms with E-state index in [2.05, 4.69) is 4.90 Å². The average Bonchev–Trinajstić information content (AvgIpc) is 2.25. The fourth-order valence-corrected chi connectivity index (χ4v) is 1.62. The molecule has 0 radical (unpaired) electrons. The van der Waals surface area contributed by atoms with Crippen molar-refractivity contribution in [3.8, 4) is 0 Å². The maximum absolute atomic E-state index is 13.0. The van der Waals surface area contributed by atoms with Gasteiger partial charge in [0.2, 0.25) is 0 Å². The Balaban J connectivity index is 2.58. The Morgan fingerprint density at radius 2 is 2.25 bits per heavy atom. The minimum Gasteiger partial charge on any atom is -0.383 e. The second kappa shape index (κ2) is 6.58. The van der Waals surface area contributed by atoms with Gasteiger partial charge in [-0.25, -0.2) is 4.39 Å². The summed E-state index contributed by atoms with van der Waals surface area (Å²) in [6.07, 6.45) is 0. The number of nitrogens with two attached hydrogens (primary N) is 1. The van der Waals surface area contributed by atoms with Gasteiger partial charge in [-0.1, -0.05) is 12.1 Å². The molecule has 2 N–H and O–H groups in total. The van der Waals surface area contributed by atoms with Crippen molar-refractivity contribution >= 4 is 0 Å². The third-order valence-electron chi connectivity index (χ3n) is 2.58. The van der Waals surface area contributed by atoms with E-state index >= 15 is 0 Å². The number of benzene rings is 1. The van der Waals surface area contributed by atoms with Crippen LogP contribution in [0.2, 0.25) is 0 Å². The molecule has 0 aliphatic heterocycles. The summed E-state index contributed by atoms with van der Waals surface area (Å²) >= 11 is 0. The molecule has 0 fully saturated rings. The van der Waals surface area contributed by atoms with E-state index in [1.807, 2.05) is 13.1 Å². The van der Waals surface area contributed by atoms with Crippen LogP contribution in [-0.4, -0.2) is 38.3 Å². The van der Waals surface area contributed by atoms with E-state index in [0.29, 0.717) is 19.7 Å². The fourth-order valence-electron chi connectivity index (χ4n) is 1.62. The van der Waals surface area contributed by atoms with Crippen molar-refractivity contribution in [2.24, 2.45) is 5.73 Å². The van der Waals surface area contributed by atoms with E-state index in [0.717, 1.165) is 5.56 Å². The maximum Gasteiger partial charge on any atom is 0.123 e. The molecular weight excluding hydrogens is 207 g/mol. The lowest BCUT2D eigenvalue weighted by Crippen LogP contribution is -2.40. The van der Waals surface area contributed by atoms with Gasteiger partial charge in [-0.3, -0.25) is 4.90 Å². The molecule has 0 amide bonds. The van der Waals surface area contributed by atoms with Gasteiger partial charge in [0.25, 0.3) is 0 Å². The highest BCUT2D eigenvalue weighted by atomic mass is 19.1. The van der Waals surface area contributed by atoms with Gasteiger partial charge in [0.05, 0.1) is 6.61 Å². The quantitative estimate of drug-likeness (QED) is 0.793. The van der Waals surface area contributed by atoms with Crippen LogP contribution in [0, 0.1) is 5.82 Å². The van der Waals surface area contributed by atoms with Crippen LogP contribution >= 0.6 is 0 Å². The smallest absolute Gasteiger partial charge is 0.123 e. The molecule has 4 heteroatoms. The van der Waals surface area contributed by atoms with Crippen molar-refractivity contribution in [2.45, 2.75) is 12.6 Å². The van der Waals surface area contributed by atoms with E-state index in [9.17, 15) is 4.39 Å². The zero-order valence-corrected chi connectivity index (χ0v) is 9.82. The first-order chi connectivity index (χ1) is 7.67. The van der Waals surface area contributed by atoms with Gasteiger partial charge in [-0.2, -0.15) is 0 Å². The van der Waals surface area contributed by atoms with Gasteiger partial charge in [0.15, 0.2) is 0 Å². The van der Waals surface area contributed by atoms with Crippen molar-refractivity contribution in [2.75, 3.05) is 27.3 Å². The second-order valence-electron chi connectivity index (χ2n) is 3.89. The molecule has 0 saturated heterocycles. The summed E-state index contributed by atoms with van der Waals surface area (Å²) in [7, 11) is 3.61. The largest absolute Gasteiger partial charge is 0.383 e. The number of rotatable bonds is 6. The monoisotopic (exact) mass is 226 g/mol. The van der Waals surface area contributed by atoms with Crippen LogP contribution in [0.1, 0.15) is 5.56 Å². The molecule has 1 aromatic rings. The summed E-state index contributed by atoms with van der Waals surface area (Å²) in [5, 5.41) is 0. The van der Waals surface area contributed by atoms with Crippen LogP contribution in [-0.2, 0) is 11.3 Å². The van der Waals surface area contributed by atoms with Crippen LogP contribution in [0.4, 0.5) is 4.39 Å². The van der Waals surface area contributed by atoms with Crippen LogP contribution in [0.3, 0.4) is 0 Å². The maximum atomic E-state index is 13.0. The van der Waals surface area contributed by atoms with Crippen LogP contribution in [0.15, 0.2) is 24.3 Å². The summed E-state index contributed by atoms with van der Waals surface area (Å²) < 4.78 is 18.1. The number of hydrogen-bond donors (Lipinski definition) is 1. The fraction of sp³-hybridized carbons (Fsp3) is 0.500. The Labute approximate surface area is 96.0 Å². The lowest BCUT2D eigenvalue weighted by Gasteiger charge is -2.26. The molecule has 0 saturated carbocycles. The Bertz CT molecular complexity index is 320. The minimum absolute atomic E-state index is 0.160. The molecule has 0 aliphatic rings. The van der Waals surface area contributed by atoms with E-state index in [-0.39, 0.29) is 11.9 Å². The van der Waals surface area contributed by atoms with Gasteiger partial charge in [-0.05, 0) is 24.7 Å². The third kappa shape index (κ3) is 3.89. The van der Waals surface area contributed by atoms with Gasteiger partial charge in [0, 0.05) is 26.2 Å². The Hall–Kier alpha value is -0.970. The third-order valence-corrected chi connectivity index (χ3v) is 2.58. The predicted molar refractivity (Wildman–Crippen MR) is 62.6 cm³/mol. The molecule has 16 heavy (non-hydrogen) atoms. The SMILES string of the molecule is COCC(CN)N(C)Cc1cccc(F)c1. The number of nitrogens with zero attached hydrogens (tertiary/aromatic N) is 1. The molecule has 3 nitrogen and oxygen atoms in total. The van der Waals surface area contributed by atoms with Crippen LogP contribution < -0.4 is 5.73 Å². The Morgan fingerprint density at radius 1 is 1.50 bits per heavy atom. The highest BCUT2D eigenvalue weighted by Crippen LogP contribution is 2.08.